The molecule has 2 N–H and O–H groups in total. The molecular formula is C12H16ClN3O3. The lowest BCUT2D eigenvalue weighted by molar-refractivity contribution is -0.385. The Hall–Kier alpha value is -1.66. The molecule has 1 aromatic carbocycles. The van der Waals surface area contributed by atoms with Crippen LogP contribution in [0.5, 0.6) is 0 Å². The van der Waals surface area contributed by atoms with Gasteiger partial charge in [0, 0.05) is 23.7 Å². The van der Waals surface area contributed by atoms with Crippen LogP contribution in [-0.2, 0) is 0 Å². The number of rotatable bonds is 6. The number of likely N-dealkylation sites (N-methyl/N-ethyl adjacent to an activating group) is 1. The Balaban J connectivity index is 2.81. The molecule has 1 aromatic rings. The van der Waals surface area contributed by atoms with Crippen LogP contribution < -0.4 is 10.6 Å². The molecule has 104 valence electrons. The minimum atomic E-state index is -0.598. The minimum Gasteiger partial charge on any atom is -0.350 e. The number of benzene rings is 1. The van der Waals surface area contributed by atoms with Gasteiger partial charge in [0.05, 0.1) is 4.92 Å². The summed E-state index contributed by atoms with van der Waals surface area (Å²) in [4.78, 5) is 22.2. The molecule has 7 heteroatoms. The summed E-state index contributed by atoms with van der Waals surface area (Å²) >= 11 is 5.76. The number of nitro benzene ring substituents is 1. The van der Waals surface area contributed by atoms with Crippen molar-refractivity contribution in [2.24, 2.45) is 0 Å². The zero-order valence-corrected chi connectivity index (χ0v) is 11.5. The molecule has 19 heavy (non-hydrogen) atoms. The summed E-state index contributed by atoms with van der Waals surface area (Å²) in [7, 11) is 0. The lowest BCUT2D eigenvalue weighted by Crippen LogP contribution is -2.38. The quantitative estimate of drug-likeness (QED) is 0.618. The smallest absolute Gasteiger partial charge is 0.282 e. The van der Waals surface area contributed by atoms with E-state index in [2.05, 4.69) is 10.6 Å². The second-order valence-electron chi connectivity index (χ2n) is 4.09. The normalized spacial score (nSPS) is 11.9. The Bertz CT molecular complexity index is 479. The van der Waals surface area contributed by atoms with Crippen molar-refractivity contribution in [2.75, 3.05) is 13.1 Å². The summed E-state index contributed by atoms with van der Waals surface area (Å²) in [6.45, 7) is 5.04. The van der Waals surface area contributed by atoms with Crippen molar-refractivity contribution in [1.82, 2.24) is 10.6 Å². The molecule has 0 aliphatic heterocycles. The van der Waals surface area contributed by atoms with Crippen molar-refractivity contribution in [2.45, 2.75) is 19.9 Å². The molecular weight excluding hydrogens is 270 g/mol. The third-order valence-corrected chi connectivity index (χ3v) is 2.76. The zero-order valence-electron chi connectivity index (χ0n) is 10.8. The lowest BCUT2D eigenvalue weighted by atomic mass is 10.1. The van der Waals surface area contributed by atoms with E-state index in [1.807, 2.05) is 13.8 Å². The van der Waals surface area contributed by atoms with E-state index in [1.54, 1.807) is 0 Å². The maximum Gasteiger partial charge on any atom is 0.282 e. The van der Waals surface area contributed by atoms with Crippen LogP contribution in [-0.4, -0.2) is 30.0 Å². The van der Waals surface area contributed by atoms with E-state index < -0.39 is 10.8 Å². The molecule has 0 spiro atoms. The van der Waals surface area contributed by atoms with E-state index in [1.165, 1.54) is 18.2 Å². The predicted molar refractivity (Wildman–Crippen MR) is 73.6 cm³/mol. The molecule has 0 saturated heterocycles. The molecule has 0 heterocycles. The molecule has 6 nitrogen and oxygen atoms in total. The lowest BCUT2D eigenvalue weighted by Gasteiger charge is -2.13. The second kappa shape index (κ2) is 7.06. The number of hydrogen-bond donors (Lipinski definition) is 2. The first kappa shape index (κ1) is 15.4. The van der Waals surface area contributed by atoms with Crippen LogP contribution in [0.4, 0.5) is 5.69 Å². The van der Waals surface area contributed by atoms with Gasteiger partial charge in [0.25, 0.3) is 11.6 Å². The number of nitrogens with one attached hydrogen (secondary N) is 2. The predicted octanol–water partition coefficient (Wildman–Crippen LogP) is 1.98. The molecule has 0 unspecified atom stereocenters. The van der Waals surface area contributed by atoms with Crippen LogP contribution in [0, 0.1) is 10.1 Å². The highest BCUT2D eigenvalue weighted by molar-refractivity contribution is 6.31. The largest absolute Gasteiger partial charge is 0.350 e. The number of hydrogen-bond acceptors (Lipinski definition) is 4. The van der Waals surface area contributed by atoms with E-state index >= 15 is 0 Å². The molecule has 1 atom stereocenters. The third kappa shape index (κ3) is 4.50. The first-order valence-electron chi connectivity index (χ1n) is 5.91. The maximum absolute atomic E-state index is 11.9. The summed E-state index contributed by atoms with van der Waals surface area (Å²) in [5.74, 6) is -0.501. The molecule has 0 bridgehead atoms. The van der Waals surface area contributed by atoms with Crippen LogP contribution in [0.15, 0.2) is 18.2 Å². The topological polar surface area (TPSA) is 84.3 Å². The summed E-state index contributed by atoms with van der Waals surface area (Å²) in [5.41, 5.74) is -0.279. The number of halogens is 1. The Morgan fingerprint density at radius 2 is 2.21 bits per heavy atom. The van der Waals surface area contributed by atoms with Crippen LogP contribution >= 0.6 is 11.6 Å². The van der Waals surface area contributed by atoms with Gasteiger partial charge in [-0.3, -0.25) is 14.9 Å². The molecule has 0 aromatic heterocycles. The molecule has 0 aliphatic rings. The Labute approximate surface area is 116 Å². The van der Waals surface area contributed by atoms with Crippen molar-refractivity contribution in [1.29, 1.82) is 0 Å². The zero-order chi connectivity index (χ0) is 14.4. The first-order valence-corrected chi connectivity index (χ1v) is 6.29. The molecule has 1 amide bonds. The van der Waals surface area contributed by atoms with Gasteiger partial charge in [-0.15, -0.1) is 0 Å². The van der Waals surface area contributed by atoms with E-state index in [-0.39, 0.29) is 22.3 Å². The average molecular weight is 286 g/mol. The maximum atomic E-state index is 11.9. The monoisotopic (exact) mass is 285 g/mol. The molecule has 0 saturated carbocycles. The standard InChI is InChI=1S/C12H16ClN3O3/c1-3-14-8(2)7-15-12(17)10-6-9(13)4-5-11(10)16(18)19/h4-6,8,14H,3,7H2,1-2H3,(H,15,17)/t8-/m1/s1. The van der Waals surface area contributed by atoms with Gasteiger partial charge in [-0.2, -0.15) is 0 Å². The second-order valence-corrected chi connectivity index (χ2v) is 4.52. The van der Waals surface area contributed by atoms with Crippen LogP contribution in [0.2, 0.25) is 5.02 Å². The van der Waals surface area contributed by atoms with Gasteiger partial charge in [0.2, 0.25) is 0 Å². The van der Waals surface area contributed by atoms with Gasteiger partial charge >= 0.3 is 0 Å². The number of amides is 1. The van der Waals surface area contributed by atoms with Crippen LogP contribution in [0.3, 0.4) is 0 Å². The summed E-state index contributed by atoms with van der Waals surface area (Å²) in [6.07, 6.45) is 0. The van der Waals surface area contributed by atoms with Gasteiger partial charge in [-0.25, -0.2) is 0 Å². The number of carbonyl (C=O) groups excluding carboxylic acids is 1. The van der Waals surface area contributed by atoms with Crippen molar-refractivity contribution in [3.63, 3.8) is 0 Å². The summed E-state index contributed by atoms with van der Waals surface area (Å²) in [6, 6.07) is 4.00. The molecule has 1 rings (SSSR count). The SMILES string of the molecule is CCN[C@H](C)CNC(=O)c1cc(Cl)ccc1[N+](=O)[O-]. The van der Waals surface area contributed by atoms with Gasteiger partial charge in [0.1, 0.15) is 5.56 Å². The number of nitrogens with zero attached hydrogens (tertiary/aromatic N) is 1. The van der Waals surface area contributed by atoms with Gasteiger partial charge in [-0.1, -0.05) is 18.5 Å². The number of nitro groups is 1. The van der Waals surface area contributed by atoms with Crippen molar-refractivity contribution < 1.29 is 9.72 Å². The average Bonchev–Trinajstić information content (AvgIpc) is 2.35. The highest BCUT2D eigenvalue weighted by atomic mass is 35.5. The fourth-order valence-corrected chi connectivity index (χ4v) is 1.78. The van der Waals surface area contributed by atoms with Crippen molar-refractivity contribution in [3.05, 3.63) is 38.9 Å². The molecule has 0 radical (unpaired) electrons. The first-order chi connectivity index (χ1) is 8.95. The fourth-order valence-electron chi connectivity index (χ4n) is 1.61. The van der Waals surface area contributed by atoms with E-state index in [0.29, 0.717) is 6.54 Å². The summed E-state index contributed by atoms with van der Waals surface area (Å²) < 4.78 is 0. The van der Waals surface area contributed by atoms with E-state index in [0.717, 1.165) is 6.54 Å². The molecule has 0 fully saturated rings. The van der Waals surface area contributed by atoms with Crippen molar-refractivity contribution in [3.8, 4) is 0 Å². The summed E-state index contributed by atoms with van der Waals surface area (Å²) in [5, 5.41) is 16.9. The van der Waals surface area contributed by atoms with Gasteiger partial charge in [0.15, 0.2) is 0 Å². The highest BCUT2D eigenvalue weighted by Crippen LogP contribution is 2.22. The highest BCUT2D eigenvalue weighted by Gasteiger charge is 2.20. The Kier molecular flexibility index (Phi) is 5.72. The van der Waals surface area contributed by atoms with Crippen LogP contribution in [0.1, 0.15) is 24.2 Å². The Morgan fingerprint density at radius 1 is 1.53 bits per heavy atom. The van der Waals surface area contributed by atoms with Gasteiger partial charge in [-0.05, 0) is 25.6 Å². The Morgan fingerprint density at radius 3 is 2.79 bits per heavy atom. The molecule has 0 aliphatic carbocycles. The van der Waals surface area contributed by atoms with E-state index in [4.69, 9.17) is 11.6 Å². The van der Waals surface area contributed by atoms with Crippen LogP contribution in [0.25, 0.3) is 0 Å². The van der Waals surface area contributed by atoms with Gasteiger partial charge < -0.3 is 10.6 Å². The third-order valence-electron chi connectivity index (χ3n) is 2.52. The van der Waals surface area contributed by atoms with E-state index in [9.17, 15) is 14.9 Å². The fraction of sp³-hybridized carbons (Fsp3) is 0.417. The van der Waals surface area contributed by atoms with Crippen molar-refractivity contribution >= 4 is 23.2 Å². The number of carbonyl (C=O) groups is 1. The minimum absolute atomic E-state index is 0.0267.